The number of hydrogen-bond donors (Lipinski definition) is 1. The van der Waals surface area contributed by atoms with Crippen LogP contribution in [0.5, 0.6) is 0 Å². The molecule has 0 aliphatic carbocycles. The van der Waals surface area contributed by atoms with Crippen LogP contribution in [-0.2, 0) is 0 Å². The lowest BCUT2D eigenvalue weighted by Crippen LogP contribution is -2.33. The van der Waals surface area contributed by atoms with Crippen molar-refractivity contribution in [3.8, 4) is 11.5 Å². The molecule has 6 heteroatoms. The number of halogens is 1. The molecule has 0 radical (unpaired) electrons. The topological polar surface area (TPSA) is 50.8 Å². The summed E-state index contributed by atoms with van der Waals surface area (Å²) in [5.41, 5.74) is 3.26. The van der Waals surface area contributed by atoms with E-state index in [1.807, 2.05) is 90.5 Å². The minimum absolute atomic E-state index is 0.124. The molecular formula is C26H20ClN4O+. The maximum absolute atomic E-state index is 13.4. The maximum atomic E-state index is 13.4. The first-order valence-corrected chi connectivity index (χ1v) is 10.6. The average molecular weight is 440 g/mol. The fourth-order valence-electron chi connectivity index (χ4n) is 3.83. The van der Waals surface area contributed by atoms with E-state index in [0.717, 1.165) is 22.6 Å². The lowest BCUT2D eigenvalue weighted by molar-refractivity contribution is -0.598. The normalized spacial score (nSPS) is 10.9. The maximum Gasteiger partial charge on any atom is 0.341 e. The summed E-state index contributed by atoms with van der Waals surface area (Å²) >= 11 is 6.23. The molecule has 5 rings (SSSR count). The van der Waals surface area contributed by atoms with Crippen LogP contribution in [0.4, 0.5) is 11.5 Å². The molecule has 32 heavy (non-hydrogen) atoms. The van der Waals surface area contributed by atoms with E-state index in [1.54, 1.807) is 22.9 Å². The van der Waals surface area contributed by atoms with Crippen molar-refractivity contribution in [1.82, 2.24) is 9.55 Å². The van der Waals surface area contributed by atoms with Crippen LogP contribution in [0.2, 0.25) is 5.02 Å². The minimum atomic E-state index is -0.124. The zero-order chi connectivity index (χ0) is 22.1. The van der Waals surface area contributed by atoms with Gasteiger partial charge in [-0.15, -0.1) is 0 Å². The zero-order valence-electron chi connectivity index (χ0n) is 17.4. The molecule has 0 fully saturated rings. The molecule has 5 aromatic rings. The molecular weight excluding hydrogens is 420 g/mol. The first kappa shape index (κ1) is 20.0. The molecule has 3 heterocycles. The number of fused-ring (bicyclic) bond motifs is 1. The van der Waals surface area contributed by atoms with Gasteiger partial charge in [0.25, 0.3) is 0 Å². The van der Waals surface area contributed by atoms with E-state index in [-0.39, 0.29) is 5.43 Å². The van der Waals surface area contributed by atoms with E-state index in [4.69, 9.17) is 16.6 Å². The molecule has 0 bridgehead atoms. The number of rotatable bonds is 4. The summed E-state index contributed by atoms with van der Waals surface area (Å²) in [6.45, 7) is 1.92. The molecule has 0 unspecified atom stereocenters. The van der Waals surface area contributed by atoms with Gasteiger partial charge in [0.05, 0.1) is 16.7 Å². The van der Waals surface area contributed by atoms with Gasteiger partial charge in [0.1, 0.15) is 17.4 Å². The molecule has 0 atom stereocenters. The van der Waals surface area contributed by atoms with Gasteiger partial charge in [-0.25, -0.2) is 4.57 Å². The number of pyridine rings is 3. The van der Waals surface area contributed by atoms with Gasteiger partial charge in [-0.3, -0.25) is 9.36 Å². The van der Waals surface area contributed by atoms with Crippen molar-refractivity contribution >= 4 is 34.0 Å². The minimum Gasteiger partial charge on any atom is -0.341 e. The molecule has 0 aliphatic rings. The second kappa shape index (κ2) is 8.29. The third kappa shape index (κ3) is 3.74. The van der Waals surface area contributed by atoms with Crippen LogP contribution in [0.3, 0.4) is 0 Å². The molecule has 156 valence electrons. The summed E-state index contributed by atoms with van der Waals surface area (Å²) in [4.78, 5) is 18.1. The second-order valence-corrected chi connectivity index (χ2v) is 7.90. The summed E-state index contributed by atoms with van der Waals surface area (Å²) in [6.07, 6.45) is 3.60. The fraction of sp³-hybridized carbons (Fsp3) is 0.0385. The van der Waals surface area contributed by atoms with Crippen LogP contribution in [0, 0.1) is 6.92 Å². The van der Waals surface area contributed by atoms with Crippen molar-refractivity contribution in [1.29, 1.82) is 0 Å². The lowest BCUT2D eigenvalue weighted by atomic mass is 10.1. The van der Waals surface area contributed by atoms with Gasteiger partial charge < -0.3 is 5.32 Å². The number of anilines is 2. The van der Waals surface area contributed by atoms with E-state index in [9.17, 15) is 4.79 Å². The summed E-state index contributed by atoms with van der Waals surface area (Å²) in [6, 6.07) is 26.9. The smallest absolute Gasteiger partial charge is 0.341 e. The molecule has 2 aromatic carbocycles. The van der Waals surface area contributed by atoms with Crippen molar-refractivity contribution < 1.29 is 4.57 Å². The Morgan fingerprint density at radius 2 is 1.66 bits per heavy atom. The highest BCUT2D eigenvalue weighted by Gasteiger charge is 2.22. The quantitative estimate of drug-likeness (QED) is 0.383. The molecule has 0 amide bonds. The van der Waals surface area contributed by atoms with Gasteiger partial charge in [0.15, 0.2) is 11.1 Å². The molecule has 0 aliphatic heterocycles. The Morgan fingerprint density at radius 3 is 2.38 bits per heavy atom. The number of hydrogen-bond acceptors (Lipinski definition) is 3. The molecule has 1 N–H and O–H groups in total. The zero-order valence-corrected chi connectivity index (χ0v) is 18.1. The van der Waals surface area contributed by atoms with Gasteiger partial charge in [0, 0.05) is 30.4 Å². The van der Waals surface area contributed by atoms with Gasteiger partial charge in [-0.1, -0.05) is 48.0 Å². The number of aromatic nitrogens is 3. The first-order chi connectivity index (χ1) is 15.6. The molecule has 0 spiro atoms. The van der Waals surface area contributed by atoms with Gasteiger partial charge in [0.2, 0.25) is 0 Å². The molecule has 0 saturated carbocycles. The lowest BCUT2D eigenvalue weighted by Gasteiger charge is -2.18. The summed E-state index contributed by atoms with van der Waals surface area (Å²) in [5, 5.41) is 4.49. The van der Waals surface area contributed by atoms with E-state index >= 15 is 0 Å². The van der Waals surface area contributed by atoms with E-state index < -0.39 is 0 Å². The summed E-state index contributed by atoms with van der Waals surface area (Å²) in [7, 11) is 0. The Balaban J connectivity index is 1.86. The van der Waals surface area contributed by atoms with Crippen molar-refractivity contribution in [3.05, 3.63) is 118 Å². The largest absolute Gasteiger partial charge is 0.341 e. The molecule has 0 saturated heterocycles. The van der Waals surface area contributed by atoms with Crippen LogP contribution >= 0.6 is 11.6 Å². The Bertz CT molecular complexity index is 1480. The van der Waals surface area contributed by atoms with Crippen molar-refractivity contribution in [2.24, 2.45) is 0 Å². The number of nitrogens with one attached hydrogen (secondary N) is 1. The fourth-order valence-corrected chi connectivity index (χ4v) is 4.00. The number of nitrogens with zero attached hydrogens (tertiary/aromatic N) is 3. The van der Waals surface area contributed by atoms with Crippen LogP contribution < -0.4 is 15.3 Å². The van der Waals surface area contributed by atoms with Crippen molar-refractivity contribution in [2.45, 2.75) is 6.92 Å². The highest BCUT2D eigenvalue weighted by Crippen LogP contribution is 2.27. The predicted octanol–water partition coefficient (Wildman–Crippen LogP) is 5.37. The SMILES string of the molecule is Cc1cc2c(c(-[n+]3cccc(Cl)c3)n1)c(=O)cc(Nc1ccccc1)n2-c1ccccc1. The Hall–Kier alpha value is -3.96. The standard InChI is InChI=1S/C26H19ClN4O/c1-18-15-22-25(26(28-18)30-14-8-9-19(27)17-30)23(32)16-24(29-20-10-4-2-5-11-20)31(22)21-12-6-3-7-13-21/h2-17H,1H3/p+1. The predicted molar refractivity (Wildman–Crippen MR) is 128 cm³/mol. The van der Waals surface area contributed by atoms with E-state index in [2.05, 4.69) is 5.32 Å². The van der Waals surface area contributed by atoms with E-state index in [1.165, 1.54) is 0 Å². The summed E-state index contributed by atoms with van der Waals surface area (Å²) < 4.78 is 3.84. The van der Waals surface area contributed by atoms with E-state index in [0.29, 0.717) is 22.0 Å². The third-order valence-electron chi connectivity index (χ3n) is 5.17. The van der Waals surface area contributed by atoms with Crippen molar-refractivity contribution in [3.63, 3.8) is 0 Å². The Morgan fingerprint density at radius 1 is 0.938 bits per heavy atom. The first-order valence-electron chi connectivity index (χ1n) is 10.2. The highest BCUT2D eigenvalue weighted by molar-refractivity contribution is 6.30. The average Bonchev–Trinajstić information content (AvgIpc) is 2.80. The van der Waals surface area contributed by atoms with Crippen LogP contribution in [0.1, 0.15) is 5.69 Å². The number of benzene rings is 2. The molecule has 5 nitrogen and oxygen atoms in total. The van der Waals surface area contributed by atoms with Crippen molar-refractivity contribution in [2.75, 3.05) is 5.32 Å². The highest BCUT2D eigenvalue weighted by atomic mass is 35.5. The monoisotopic (exact) mass is 439 g/mol. The Labute approximate surface area is 190 Å². The Kier molecular flexibility index (Phi) is 5.17. The van der Waals surface area contributed by atoms with Crippen LogP contribution in [0.15, 0.2) is 102 Å². The third-order valence-corrected chi connectivity index (χ3v) is 5.40. The molecule has 3 aromatic heterocycles. The summed E-state index contributed by atoms with van der Waals surface area (Å²) in [5.74, 6) is 1.22. The number of aryl methyl sites for hydroxylation is 1. The van der Waals surface area contributed by atoms with Crippen LogP contribution in [-0.4, -0.2) is 9.55 Å². The number of para-hydroxylation sites is 2. The second-order valence-electron chi connectivity index (χ2n) is 7.47. The van der Waals surface area contributed by atoms with Crippen LogP contribution in [0.25, 0.3) is 22.4 Å². The van der Waals surface area contributed by atoms with Gasteiger partial charge >= 0.3 is 5.82 Å². The van der Waals surface area contributed by atoms with Gasteiger partial charge in [-0.2, -0.15) is 0 Å². The van der Waals surface area contributed by atoms with Gasteiger partial charge in [-0.05, 0) is 41.4 Å².